The smallest absolute Gasteiger partial charge is 0.350 e. The highest BCUT2D eigenvalue weighted by molar-refractivity contribution is 7.80. The molecular formula is C16H15N3O6S2. The van der Waals surface area contributed by atoms with Gasteiger partial charge in [-0.05, 0) is 22.6 Å². The molecule has 1 aromatic heterocycles. The average molecular weight is 409 g/mol. The van der Waals surface area contributed by atoms with Crippen LogP contribution in [0.2, 0.25) is 0 Å². The lowest BCUT2D eigenvalue weighted by Crippen LogP contribution is -2.43. The van der Waals surface area contributed by atoms with E-state index >= 15 is 0 Å². The molecule has 0 saturated carbocycles. The number of nitrogens with one attached hydrogen (secondary N) is 1. The van der Waals surface area contributed by atoms with Crippen molar-refractivity contribution in [2.75, 3.05) is 6.54 Å². The zero-order chi connectivity index (χ0) is 19.2. The van der Waals surface area contributed by atoms with E-state index in [0.29, 0.717) is 22.0 Å². The third-order valence-corrected chi connectivity index (χ3v) is 5.80. The first kappa shape index (κ1) is 17.9. The topological polar surface area (TPSA) is 116 Å². The number of rotatable bonds is 5. The fraction of sp³-hybridized carbons (Fsp3) is 0.250. The van der Waals surface area contributed by atoms with Gasteiger partial charge >= 0.3 is 16.4 Å². The van der Waals surface area contributed by atoms with Gasteiger partial charge in [-0.15, -0.1) is 15.6 Å². The molecule has 3 amide bonds. The van der Waals surface area contributed by atoms with Crippen molar-refractivity contribution in [3.8, 4) is 0 Å². The molecule has 142 valence electrons. The lowest BCUT2D eigenvalue weighted by atomic mass is 9.99. The van der Waals surface area contributed by atoms with Crippen molar-refractivity contribution in [3.63, 3.8) is 0 Å². The van der Waals surface area contributed by atoms with Crippen LogP contribution in [0.4, 0.5) is 4.79 Å². The number of fused-ring (bicyclic) bond motifs is 4. The number of hydrogen-bond acceptors (Lipinski definition) is 6. The molecule has 4 rings (SSSR count). The molecule has 27 heavy (non-hydrogen) atoms. The van der Waals surface area contributed by atoms with Crippen molar-refractivity contribution in [1.29, 1.82) is 0 Å². The summed E-state index contributed by atoms with van der Waals surface area (Å²) in [5.74, 6) is -0.372. The molecule has 0 unspecified atom stereocenters. The van der Waals surface area contributed by atoms with Crippen molar-refractivity contribution >= 4 is 33.7 Å². The predicted octanol–water partition coefficient (Wildman–Crippen LogP) is 1.63. The molecule has 3 heterocycles. The third-order valence-electron chi connectivity index (χ3n) is 4.47. The maximum atomic E-state index is 12.8. The Morgan fingerprint density at radius 3 is 2.74 bits per heavy atom. The molecular weight excluding hydrogens is 394 g/mol. The molecule has 2 aliphatic heterocycles. The van der Waals surface area contributed by atoms with Crippen LogP contribution < -0.4 is 5.32 Å². The summed E-state index contributed by atoms with van der Waals surface area (Å²) < 4.78 is 35.6. The van der Waals surface area contributed by atoms with E-state index < -0.39 is 28.5 Å². The Hall–Kier alpha value is -2.47. The van der Waals surface area contributed by atoms with Gasteiger partial charge in [0.15, 0.2) is 0 Å². The largest absolute Gasteiger partial charge is 0.418 e. The summed E-state index contributed by atoms with van der Waals surface area (Å²) >= 11 is 1.30. The molecule has 1 fully saturated rings. The summed E-state index contributed by atoms with van der Waals surface area (Å²) in [6.45, 7) is 0.384. The number of urea groups is 1. The first-order chi connectivity index (χ1) is 12.8. The van der Waals surface area contributed by atoms with Gasteiger partial charge in [-0.3, -0.25) is 9.35 Å². The zero-order valence-corrected chi connectivity index (χ0v) is 15.4. The SMILES string of the molecule is O=C(NCc1ccccc1)[C@@H]1c2sccc2[C@@H]2CN1C(=O)N2OS(=O)(=O)O. The molecule has 2 aromatic rings. The highest BCUT2D eigenvalue weighted by Crippen LogP contribution is 2.46. The van der Waals surface area contributed by atoms with Crippen LogP contribution in [0.25, 0.3) is 0 Å². The van der Waals surface area contributed by atoms with Gasteiger partial charge < -0.3 is 10.2 Å². The molecule has 2 atom stereocenters. The maximum Gasteiger partial charge on any atom is 0.418 e. The third kappa shape index (κ3) is 3.30. The molecule has 0 radical (unpaired) electrons. The molecule has 0 spiro atoms. The number of thiophene rings is 1. The first-order valence-electron chi connectivity index (χ1n) is 8.01. The van der Waals surface area contributed by atoms with Gasteiger partial charge in [-0.1, -0.05) is 30.3 Å². The summed E-state index contributed by atoms with van der Waals surface area (Å²) in [6, 6.07) is 8.67. The van der Waals surface area contributed by atoms with Crippen LogP contribution in [-0.4, -0.2) is 41.4 Å². The van der Waals surface area contributed by atoms with Crippen LogP contribution >= 0.6 is 11.3 Å². The lowest BCUT2D eigenvalue weighted by Gasteiger charge is -2.29. The Labute approximate surface area is 159 Å². The lowest BCUT2D eigenvalue weighted by molar-refractivity contribution is -0.125. The maximum absolute atomic E-state index is 12.8. The van der Waals surface area contributed by atoms with Gasteiger partial charge in [0.05, 0.1) is 6.54 Å². The Morgan fingerprint density at radius 2 is 2.04 bits per heavy atom. The molecule has 1 aromatic carbocycles. The van der Waals surface area contributed by atoms with Crippen molar-refractivity contribution in [2.24, 2.45) is 0 Å². The van der Waals surface area contributed by atoms with Crippen molar-refractivity contribution in [1.82, 2.24) is 15.3 Å². The minimum absolute atomic E-state index is 0.0848. The molecule has 1 saturated heterocycles. The second-order valence-electron chi connectivity index (χ2n) is 6.12. The van der Waals surface area contributed by atoms with Crippen molar-refractivity contribution in [2.45, 2.75) is 18.6 Å². The summed E-state index contributed by atoms with van der Waals surface area (Å²) in [5.41, 5.74) is 1.54. The minimum atomic E-state index is -4.87. The Bertz CT molecular complexity index is 991. The summed E-state index contributed by atoms with van der Waals surface area (Å²) in [5, 5.41) is 5.18. The van der Waals surface area contributed by atoms with Crippen LogP contribution in [0.3, 0.4) is 0 Å². The van der Waals surface area contributed by atoms with E-state index in [2.05, 4.69) is 9.60 Å². The van der Waals surface area contributed by atoms with Crippen LogP contribution in [0.15, 0.2) is 41.8 Å². The second kappa shape index (κ2) is 6.60. The summed E-state index contributed by atoms with van der Waals surface area (Å²) in [4.78, 5) is 27.3. The van der Waals surface area contributed by atoms with Gasteiger partial charge in [0, 0.05) is 11.4 Å². The van der Waals surface area contributed by atoms with E-state index in [4.69, 9.17) is 4.55 Å². The van der Waals surface area contributed by atoms with E-state index in [0.717, 1.165) is 5.56 Å². The van der Waals surface area contributed by atoms with Crippen LogP contribution in [0, 0.1) is 0 Å². The van der Waals surface area contributed by atoms with Crippen LogP contribution in [0.5, 0.6) is 0 Å². The number of carbonyl (C=O) groups excluding carboxylic acids is 2. The monoisotopic (exact) mass is 409 g/mol. The van der Waals surface area contributed by atoms with Gasteiger partial charge in [0.2, 0.25) is 5.91 Å². The van der Waals surface area contributed by atoms with Gasteiger partial charge in [0.1, 0.15) is 12.1 Å². The molecule has 2 aliphatic rings. The van der Waals surface area contributed by atoms with E-state index in [1.165, 1.54) is 16.2 Å². The van der Waals surface area contributed by atoms with E-state index in [-0.39, 0.29) is 12.5 Å². The first-order valence-corrected chi connectivity index (χ1v) is 10.3. The molecule has 9 nitrogen and oxygen atoms in total. The number of amides is 3. The van der Waals surface area contributed by atoms with Crippen LogP contribution in [0.1, 0.15) is 28.1 Å². The predicted molar refractivity (Wildman–Crippen MR) is 94.7 cm³/mol. The fourth-order valence-corrected chi connectivity index (χ4v) is 4.77. The van der Waals surface area contributed by atoms with Gasteiger partial charge in [-0.2, -0.15) is 13.5 Å². The number of benzene rings is 1. The summed E-state index contributed by atoms with van der Waals surface area (Å²) in [6.07, 6.45) is 0. The summed E-state index contributed by atoms with van der Waals surface area (Å²) in [7, 11) is -4.87. The zero-order valence-electron chi connectivity index (χ0n) is 13.8. The number of hydroxylamine groups is 2. The highest BCUT2D eigenvalue weighted by Gasteiger charge is 2.52. The number of carbonyl (C=O) groups is 2. The minimum Gasteiger partial charge on any atom is -0.350 e. The number of nitrogens with zero attached hydrogens (tertiary/aromatic N) is 2. The van der Waals surface area contributed by atoms with Crippen LogP contribution in [-0.2, 0) is 26.0 Å². The van der Waals surface area contributed by atoms with E-state index in [1.807, 2.05) is 30.3 Å². The number of hydrogen-bond donors (Lipinski definition) is 2. The standard InChI is InChI=1S/C16H15N3O6S2/c20-15(17-8-10-4-2-1-3-5-10)13-14-11(6-7-26-14)12-9-18(13)16(21)19(12)25-27(22,23)24/h1-7,12-13H,8-9H2,(H,17,20)(H,22,23,24)/t12-,13-/m0/s1. The molecule has 2 bridgehead atoms. The Morgan fingerprint density at radius 1 is 1.30 bits per heavy atom. The fourth-order valence-electron chi connectivity index (χ4n) is 3.34. The van der Waals surface area contributed by atoms with Crippen molar-refractivity contribution < 1.29 is 26.8 Å². The van der Waals surface area contributed by atoms with Crippen molar-refractivity contribution in [3.05, 3.63) is 57.8 Å². The normalized spacial score (nSPS) is 21.3. The van der Waals surface area contributed by atoms with E-state index in [1.54, 1.807) is 11.4 Å². The Kier molecular flexibility index (Phi) is 4.38. The van der Waals surface area contributed by atoms with E-state index in [9.17, 15) is 18.0 Å². The average Bonchev–Trinajstić information content (AvgIpc) is 3.20. The molecule has 0 aliphatic carbocycles. The molecule has 11 heteroatoms. The van der Waals surface area contributed by atoms with Gasteiger partial charge in [-0.25, -0.2) is 4.79 Å². The quantitative estimate of drug-likeness (QED) is 0.725. The molecule has 2 N–H and O–H groups in total. The Balaban J connectivity index is 1.60. The highest BCUT2D eigenvalue weighted by atomic mass is 32.3. The second-order valence-corrected chi connectivity index (χ2v) is 8.08. The van der Waals surface area contributed by atoms with Gasteiger partial charge in [0.25, 0.3) is 0 Å².